The van der Waals surface area contributed by atoms with E-state index < -0.39 is 5.97 Å². The Labute approximate surface area is 114 Å². The Morgan fingerprint density at radius 1 is 1.53 bits per heavy atom. The van der Waals surface area contributed by atoms with Gasteiger partial charge in [0.15, 0.2) is 0 Å². The molecule has 1 unspecified atom stereocenters. The van der Waals surface area contributed by atoms with Crippen LogP contribution in [0, 0.1) is 6.92 Å². The smallest absolute Gasteiger partial charge is 0.335 e. The van der Waals surface area contributed by atoms with Crippen molar-refractivity contribution in [3.8, 4) is 0 Å². The van der Waals surface area contributed by atoms with Crippen molar-refractivity contribution < 1.29 is 9.90 Å². The second-order valence-electron chi connectivity index (χ2n) is 5.21. The summed E-state index contributed by atoms with van der Waals surface area (Å²) in [6.07, 6.45) is 2.40. The second-order valence-corrected chi connectivity index (χ2v) is 5.21. The molecule has 4 heteroatoms. The average Bonchev–Trinajstić information content (AvgIpc) is 2.41. The van der Waals surface area contributed by atoms with E-state index in [1.807, 2.05) is 13.0 Å². The highest BCUT2D eigenvalue weighted by Gasteiger charge is 2.19. The van der Waals surface area contributed by atoms with E-state index in [9.17, 15) is 4.79 Å². The van der Waals surface area contributed by atoms with Crippen LogP contribution in [0.5, 0.6) is 0 Å². The summed E-state index contributed by atoms with van der Waals surface area (Å²) in [4.78, 5) is 13.4. The first kappa shape index (κ1) is 13.9. The Morgan fingerprint density at radius 3 is 2.95 bits per heavy atom. The normalized spacial score (nSPS) is 20.2. The van der Waals surface area contributed by atoms with Gasteiger partial charge in [-0.2, -0.15) is 0 Å². The summed E-state index contributed by atoms with van der Waals surface area (Å²) in [6, 6.07) is 5.73. The number of aryl methyl sites for hydroxylation is 1. The molecule has 0 aromatic heterocycles. The van der Waals surface area contributed by atoms with Crippen LogP contribution in [0.15, 0.2) is 18.2 Å². The summed E-state index contributed by atoms with van der Waals surface area (Å²) in [5.41, 5.74) is 2.39. The van der Waals surface area contributed by atoms with Gasteiger partial charge in [-0.15, -0.1) is 0 Å². The number of carboxylic acids is 1. The van der Waals surface area contributed by atoms with Crippen LogP contribution in [0.2, 0.25) is 0 Å². The number of likely N-dealkylation sites (tertiary alicyclic amines) is 1. The number of anilines is 1. The maximum absolute atomic E-state index is 10.9. The number of carboxylic acid groups (broad SMARTS) is 1. The van der Waals surface area contributed by atoms with Crippen molar-refractivity contribution in [2.45, 2.75) is 32.7 Å². The van der Waals surface area contributed by atoms with Gasteiger partial charge >= 0.3 is 5.97 Å². The van der Waals surface area contributed by atoms with Crippen LogP contribution >= 0.6 is 0 Å². The zero-order chi connectivity index (χ0) is 13.8. The summed E-state index contributed by atoms with van der Waals surface area (Å²) < 4.78 is 0. The highest BCUT2D eigenvalue weighted by molar-refractivity contribution is 5.88. The molecule has 0 radical (unpaired) electrons. The molecule has 1 atom stereocenters. The lowest BCUT2D eigenvalue weighted by Gasteiger charge is -2.33. The number of rotatable bonds is 4. The van der Waals surface area contributed by atoms with Crippen molar-refractivity contribution in [1.82, 2.24) is 4.90 Å². The minimum Gasteiger partial charge on any atom is -0.478 e. The lowest BCUT2D eigenvalue weighted by molar-refractivity contribution is 0.0697. The predicted octanol–water partition coefficient (Wildman–Crippen LogP) is 2.59. The lowest BCUT2D eigenvalue weighted by atomic mass is 10.0. The molecule has 1 aliphatic heterocycles. The fourth-order valence-corrected chi connectivity index (χ4v) is 2.64. The quantitative estimate of drug-likeness (QED) is 0.875. The van der Waals surface area contributed by atoms with Crippen LogP contribution in [-0.4, -0.2) is 41.7 Å². The highest BCUT2D eigenvalue weighted by atomic mass is 16.4. The summed E-state index contributed by atoms with van der Waals surface area (Å²) in [6.45, 7) is 7.49. The fourth-order valence-electron chi connectivity index (χ4n) is 2.64. The number of nitrogens with zero attached hydrogens (tertiary/aromatic N) is 1. The molecule has 1 saturated heterocycles. The number of aromatic carboxylic acids is 1. The van der Waals surface area contributed by atoms with Crippen LogP contribution in [-0.2, 0) is 0 Å². The number of hydrogen-bond donors (Lipinski definition) is 2. The topological polar surface area (TPSA) is 52.6 Å². The fraction of sp³-hybridized carbons (Fsp3) is 0.533. The minimum atomic E-state index is -0.871. The number of hydrogen-bond acceptors (Lipinski definition) is 3. The van der Waals surface area contributed by atoms with Gasteiger partial charge in [0.05, 0.1) is 5.56 Å². The van der Waals surface area contributed by atoms with E-state index >= 15 is 0 Å². The Hall–Kier alpha value is -1.55. The molecule has 0 spiro atoms. The molecule has 0 amide bonds. The Balaban J connectivity index is 2.04. The summed E-state index contributed by atoms with van der Waals surface area (Å²) in [5, 5.41) is 12.5. The third kappa shape index (κ3) is 3.47. The van der Waals surface area contributed by atoms with Gasteiger partial charge in [0.2, 0.25) is 0 Å². The van der Waals surface area contributed by atoms with E-state index in [-0.39, 0.29) is 0 Å². The zero-order valence-corrected chi connectivity index (χ0v) is 11.6. The molecule has 104 valence electrons. The molecule has 0 saturated carbocycles. The Kier molecular flexibility index (Phi) is 4.43. The summed E-state index contributed by atoms with van der Waals surface area (Å²) >= 11 is 0. The molecule has 1 fully saturated rings. The third-order valence-electron chi connectivity index (χ3n) is 3.79. The minimum absolute atomic E-state index is 0.349. The largest absolute Gasteiger partial charge is 0.478 e. The molecule has 2 rings (SSSR count). The van der Waals surface area contributed by atoms with E-state index in [0.717, 1.165) is 24.3 Å². The van der Waals surface area contributed by atoms with Crippen LogP contribution in [0.1, 0.15) is 35.7 Å². The van der Waals surface area contributed by atoms with E-state index in [1.54, 1.807) is 12.1 Å². The highest BCUT2D eigenvalue weighted by Crippen LogP contribution is 2.20. The molecule has 0 aliphatic carbocycles. The van der Waals surface area contributed by atoms with Crippen molar-refractivity contribution in [1.29, 1.82) is 0 Å². The molecular weight excluding hydrogens is 240 g/mol. The molecule has 19 heavy (non-hydrogen) atoms. The predicted molar refractivity (Wildman–Crippen MR) is 76.9 cm³/mol. The maximum Gasteiger partial charge on any atom is 0.335 e. The summed E-state index contributed by atoms with van der Waals surface area (Å²) in [5.74, 6) is -0.871. The van der Waals surface area contributed by atoms with Crippen molar-refractivity contribution in [3.05, 3.63) is 29.3 Å². The van der Waals surface area contributed by atoms with Gasteiger partial charge in [-0.05, 0) is 56.6 Å². The molecule has 1 aliphatic rings. The van der Waals surface area contributed by atoms with Gasteiger partial charge in [0.1, 0.15) is 0 Å². The van der Waals surface area contributed by atoms with E-state index in [4.69, 9.17) is 5.11 Å². The van der Waals surface area contributed by atoms with Crippen molar-refractivity contribution in [2.75, 3.05) is 25.0 Å². The van der Waals surface area contributed by atoms with Crippen LogP contribution in [0.25, 0.3) is 0 Å². The molecule has 1 aromatic rings. The summed E-state index contributed by atoms with van der Waals surface area (Å²) in [7, 11) is 0. The van der Waals surface area contributed by atoms with Gasteiger partial charge in [0, 0.05) is 18.3 Å². The first-order valence-electron chi connectivity index (χ1n) is 6.93. The SMILES string of the molecule is CCN1CCCC(Nc2ccc(C(=O)O)cc2C)C1. The van der Waals surface area contributed by atoms with E-state index in [2.05, 4.69) is 17.1 Å². The van der Waals surface area contributed by atoms with Gasteiger partial charge in [-0.25, -0.2) is 4.79 Å². The standard InChI is InChI=1S/C15H22N2O2/c1-3-17-8-4-5-13(10-17)16-14-7-6-12(15(18)19)9-11(14)2/h6-7,9,13,16H,3-5,8,10H2,1-2H3,(H,18,19). The maximum atomic E-state index is 10.9. The Bertz CT molecular complexity index is 459. The van der Waals surface area contributed by atoms with Crippen molar-refractivity contribution in [3.63, 3.8) is 0 Å². The number of piperidine rings is 1. The average molecular weight is 262 g/mol. The molecule has 1 heterocycles. The molecule has 0 bridgehead atoms. The van der Waals surface area contributed by atoms with Crippen LogP contribution < -0.4 is 5.32 Å². The molecule has 2 N–H and O–H groups in total. The molecular formula is C15H22N2O2. The molecule has 1 aromatic carbocycles. The second kappa shape index (κ2) is 6.06. The van der Waals surface area contributed by atoms with Gasteiger partial charge < -0.3 is 15.3 Å². The third-order valence-corrected chi connectivity index (χ3v) is 3.79. The number of benzene rings is 1. The number of carbonyl (C=O) groups is 1. The first-order valence-corrected chi connectivity index (χ1v) is 6.93. The van der Waals surface area contributed by atoms with Crippen LogP contribution in [0.4, 0.5) is 5.69 Å². The monoisotopic (exact) mass is 262 g/mol. The van der Waals surface area contributed by atoms with E-state index in [0.29, 0.717) is 11.6 Å². The first-order chi connectivity index (χ1) is 9.10. The van der Waals surface area contributed by atoms with Crippen LogP contribution in [0.3, 0.4) is 0 Å². The Morgan fingerprint density at radius 2 is 2.32 bits per heavy atom. The van der Waals surface area contributed by atoms with Gasteiger partial charge in [0.25, 0.3) is 0 Å². The molecule has 4 nitrogen and oxygen atoms in total. The lowest BCUT2D eigenvalue weighted by Crippen LogP contribution is -2.41. The number of nitrogens with one attached hydrogen (secondary N) is 1. The van der Waals surface area contributed by atoms with E-state index in [1.165, 1.54) is 19.4 Å². The zero-order valence-electron chi connectivity index (χ0n) is 11.6. The van der Waals surface area contributed by atoms with Crippen molar-refractivity contribution in [2.24, 2.45) is 0 Å². The van der Waals surface area contributed by atoms with Gasteiger partial charge in [-0.3, -0.25) is 0 Å². The van der Waals surface area contributed by atoms with Crippen molar-refractivity contribution >= 4 is 11.7 Å². The van der Waals surface area contributed by atoms with Gasteiger partial charge in [-0.1, -0.05) is 6.92 Å². The number of likely N-dealkylation sites (N-methyl/N-ethyl adjacent to an activating group) is 1.